The molecule has 8 heteroatoms. The minimum absolute atomic E-state index is 0.337. The van der Waals surface area contributed by atoms with Crippen LogP contribution < -0.4 is 10.6 Å². The molecule has 1 aromatic carbocycles. The van der Waals surface area contributed by atoms with Crippen LogP contribution in [-0.2, 0) is 30.0 Å². The Morgan fingerprint density at radius 3 is 2.33 bits per heavy atom. The van der Waals surface area contributed by atoms with Crippen LogP contribution >= 0.6 is 12.2 Å². The van der Waals surface area contributed by atoms with E-state index in [0.29, 0.717) is 17.0 Å². The number of aromatic nitrogens is 2. The highest BCUT2D eigenvalue weighted by Crippen LogP contribution is 2.12. The van der Waals surface area contributed by atoms with E-state index < -0.39 is 17.7 Å². The molecule has 2 rings (SSSR count). The largest absolute Gasteiger partial charge is 0.444 e. The molecular weight excluding hydrogens is 364 g/mol. The van der Waals surface area contributed by atoms with Crippen molar-refractivity contribution >= 4 is 30.0 Å². The highest BCUT2D eigenvalue weighted by molar-refractivity contribution is 7.71. The van der Waals surface area contributed by atoms with Crippen LogP contribution in [0.3, 0.4) is 0 Å². The number of nitrogens with zero attached hydrogens (tertiary/aromatic N) is 2. The van der Waals surface area contributed by atoms with Crippen molar-refractivity contribution in [2.75, 3.05) is 5.32 Å². The van der Waals surface area contributed by atoms with Crippen molar-refractivity contribution in [3.8, 4) is 0 Å². The Bertz CT molecular complexity index is 865. The quantitative estimate of drug-likeness (QED) is 0.769. The molecule has 1 atom stereocenters. The van der Waals surface area contributed by atoms with Crippen molar-refractivity contribution in [1.82, 2.24) is 14.5 Å². The van der Waals surface area contributed by atoms with Gasteiger partial charge < -0.3 is 24.5 Å². The third-order valence-electron chi connectivity index (χ3n) is 3.81. The maximum Gasteiger partial charge on any atom is 0.408 e. The first kappa shape index (κ1) is 20.7. The number of hydrogen-bond acceptors (Lipinski definition) is 4. The van der Waals surface area contributed by atoms with E-state index in [1.807, 2.05) is 30.3 Å². The van der Waals surface area contributed by atoms with Crippen molar-refractivity contribution in [2.45, 2.75) is 38.8 Å². The first-order chi connectivity index (χ1) is 12.6. The highest BCUT2D eigenvalue weighted by atomic mass is 32.1. The van der Waals surface area contributed by atoms with Gasteiger partial charge in [-0.2, -0.15) is 0 Å². The molecule has 0 radical (unpaired) electrons. The summed E-state index contributed by atoms with van der Waals surface area (Å²) in [7, 11) is 3.57. The predicted octanol–water partition coefficient (Wildman–Crippen LogP) is 3.17. The van der Waals surface area contributed by atoms with Gasteiger partial charge in [0.05, 0.1) is 0 Å². The monoisotopic (exact) mass is 390 g/mol. The van der Waals surface area contributed by atoms with Crippen molar-refractivity contribution in [3.63, 3.8) is 0 Å². The molecule has 0 aliphatic heterocycles. The highest BCUT2D eigenvalue weighted by Gasteiger charge is 2.25. The second kappa shape index (κ2) is 8.39. The molecule has 0 saturated heterocycles. The van der Waals surface area contributed by atoms with E-state index in [2.05, 4.69) is 10.6 Å². The van der Waals surface area contributed by atoms with Crippen molar-refractivity contribution in [3.05, 3.63) is 46.9 Å². The minimum atomic E-state index is -0.795. The zero-order valence-electron chi connectivity index (χ0n) is 16.3. The van der Waals surface area contributed by atoms with E-state index in [9.17, 15) is 9.59 Å². The van der Waals surface area contributed by atoms with Crippen LogP contribution in [0.4, 0.5) is 10.6 Å². The lowest BCUT2D eigenvalue weighted by Gasteiger charge is -2.23. The van der Waals surface area contributed by atoms with E-state index >= 15 is 0 Å². The molecule has 2 aromatic rings. The zero-order chi connectivity index (χ0) is 20.2. The van der Waals surface area contributed by atoms with Crippen molar-refractivity contribution in [1.29, 1.82) is 0 Å². The lowest BCUT2D eigenvalue weighted by molar-refractivity contribution is -0.118. The first-order valence-electron chi connectivity index (χ1n) is 8.63. The number of imidazole rings is 1. The number of benzene rings is 1. The standard InChI is InChI=1S/C19H26N4O3S/c1-19(2,3)26-17(25)20-14(11-13-9-7-6-8-10-13)16(24)21-15-12-22(4)18(27)23(15)5/h6-10,12,14H,11H2,1-5H3,(H,20,25)(H,21,24)/t14-/m0/s1. The fourth-order valence-electron chi connectivity index (χ4n) is 2.50. The number of amides is 2. The third-order valence-corrected chi connectivity index (χ3v) is 4.37. The molecule has 0 fully saturated rings. The van der Waals surface area contributed by atoms with Gasteiger partial charge in [-0.25, -0.2) is 4.79 Å². The molecule has 0 saturated carbocycles. The number of aryl methyl sites for hydroxylation is 1. The van der Waals surface area contributed by atoms with Gasteiger partial charge in [-0.1, -0.05) is 30.3 Å². The van der Waals surface area contributed by atoms with Gasteiger partial charge in [-0.05, 0) is 38.6 Å². The molecule has 1 heterocycles. The number of carbonyl (C=O) groups is 2. The van der Waals surface area contributed by atoms with Gasteiger partial charge in [0, 0.05) is 26.7 Å². The summed E-state index contributed by atoms with van der Waals surface area (Å²) in [6.45, 7) is 5.32. The topological polar surface area (TPSA) is 77.3 Å². The van der Waals surface area contributed by atoms with Crippen LogP contribution in [-0.4, -0.2) is 32.8 Å². The molecule has 0 spiro atoms. The molecule has 2 amide bonds. The van der Waals surface area contributed by atoms with Crippen LogP contribution in [0, 0.1) is 4.77 Å². The molecule has 0 bridgehead atoms. The average Bonchev–Trinajstić information content (AvgIpc) is 2.80. The van der Waals surface area contributed by atoms with Crippen molar-refractivity contribution in [2.24, 2.45) is 14.1 Å². The normalized spacial score (nSPS) is 12.3. The molecule has 1 aromatic heterocycles. The predicted molar refractivity (Wildman–Crippen MR) is 107 cm³/mol. The average molecular weight is 391 g/mol. The van der Waals surface area contributed by atoms with Gasteiger partial charge >= 0.3 is 6.09 Å². The van der Waals surface area contributed by atoms with Crippen LogP contribution in [0.25, 0.3) is 0 Å². The lowest BCUT2D eigenvalue weighted by atomic mass is 10.1. The van der Waals surface area contributed by atoms with Gasteiger partial charge in [0.15, 0.2) is 4.77 Å². The number of alkyl carbamates (subject to hydrolysis) is 1. The summed E-state index contributed by atoms with van der Waals surface area (Å²) >= 11 is 5.25. The summed E-state index contributed by atoms with van der Waals surface area (Å²) in [4.78, 5) is 25.1. The van der Waals surface area contributed by atoms with E-state index in [-0.39, 0.29) is 5.91 Å². The summed E-state index contributed by atoms with van der Waals surface area (Å²) in [6, 6.07) is 8.68. The lowest BCUT2D eigenvalue weighted by Crippen LogP contribution is -2.47. The minimum Gasteiger partial charge on any atom is -0.444 e. The van der Waals surface area contributed by atoms with Gasteiger partial charge in [0.1, 0.15) is 17.5 Å². The summed E-state index contributed by atoms with van der Waals surface area (Å²) in [5, 5.41) is 5.49. The fourth-order valence-corrected chi connectivity index (χ4v) is 2.65. The smallest absolute Gasteiger partial charge is 0.408 e. The molecule has 27 heavy (non-hydrogen) atoms. The summed E-state index contributed by atoms with van der Waals surface area (Å²) in [5.41, 5.74) is 0.274. The van der Waals surface area contributed by atoms with Gasteiger partial charge in [0.25, 0.3) is 0 Å². The molecule has 0 aliphatic carbocycles. The van der Waals surface area contributed by atoms with E-state index in [0.717, 1.165) is 5.56 Å². The fraction of sp³-hybridized carbons (Fsp3) is 0.421. The number of carbonyl (C=O) groups excluding carboxylic acids is 2. The Kier molecular flexibility index (Phi) is 6.43. The van der Waals surface area contributed by atoms with Crippen LogP contribution in [0.2, 0.25) is 0 Å². The summed E-state index contributed by atoms with van der Waals surface area (Å²) < 4.78 is 9.30. The van der Waals surface area contributed by atoms with Crippen molar-refractivity contribution < 1.29 is 14.3 Å². The van der Waals surface area contributed by atoms with E-state index in [1.54, 1.807) is 50.2 Å². The third kappa shape index (κ3) is 5.96. The van der Waals surface area contributed by atoms with Gasteiger partial charge in [0.2, 0.25) is 5.91 Å². The zero-order valence-corrected chi connectivity index (χ0v) is 17.1. The Morgan fingerprint density at radius 2 is 1.81 bits per heavy atom. The van der Waals surface area contributed by atoms with Gasteiger partial charge in [-0.15, -0.1) is 0 Å². The molecule has 2 N–H and O–H groups in total. The number of ether oxygens (including phenoxy) is 1. The number of anilines is 1. The SMILES string of the molecule is Cn1cc(NC(=O)[C@H](Cc2ccccc2)NC(=O)OC(C)(C)C)n(C)c1=S. The van der Waals surface area contributed by atoms with E-state index in [1.165, 1.54) is 0 Å². The second-order valence-corrected chi connectivity index (χ2v) is 7.71. The maximum absolute atomic E-state index is 12.9. The van der Waals surface area contributed by atoms with Gasteiger partial charge in [-0.3, -0.25) is 4.79 Å². The number of hydrogen-bond donors (Lipinski definition) is 2. The molecule has 0 unspecified atom stereocenters. The Hall–Kier alpha value is -2.61. The Labute approximate surface area is 164 Å². The van der Waals surface area contributed by atoms with E-state index in [4.69, 9.17) is 17.0 Å². The van der Waals surface area contributed by atoms with Crippen LogP contribution in [0.5, 0.6) is 0 Å². The molecule has 7 nitrogen and oxygen atoms in total. The molecular formula is C19H26N4O3S. The Morgan fingerprint density at radius 1 is 1.19 bits per heavy atom. The molecule has 0 aliphatic rings. The maximum atomic E-state index is 12.9. The molecule has 146 valence electrons. The number of nitrogens with one attached hydrogen (secondary N) is 2. The number of rotatable bonds is 5. The van der Waals surface area contributed by atoms with Crippen LogP contribution in [0.1, 0.15) is 26.3 Å². The first-order valence-corrected chi connectivity index (χ1v) is 9.04. The second-order valence-electron chi connectivity index (χ2n) is 7.34. The van der Waals surface area contributed by atoms with Crippen LogP contribution in [0.15, 0.2) is 36.5 Å². The summed E-state index contributed by atoms with van der Waals surface area (Å²) in [5.74, 6) is 0.206. The summed E-state index contributed by atoms with van der Waals surface area (Å²) in [6.07, 6.45) is 1.43. The Balaban J connectivity index is 2.19.